The second-order valence-electron chi connectivity index (χ2n) is 7.13. The molecule has 0 spiro atoms. The molecule has 0 aliphatic heterocycles. The Morgan fingerprint density at radius 3 is 2.54 bits per heavy atom. The number of benzene rings is 2. The smallest absolute Gasteiger partial charge is 0.209 e. The van der Waals surface area contributed by atoms with Gasteiger partial charge in [0.15, 0.2) is 3.95 Å². The Hall–Kier alpha value is -2.22. The SMILES string of the molecule is COc1ccc(CN(Cn2nc(Nc3ccc(C)cc3)sc2=S)C2CC2)cc1. The van der Waals surface area contributed by atoms with Crippen LogP contribution in [0, 0.1) is 10.9 Å². The molecule has 5 nitrogen and oxygen atoms in total. The Bertz CT molecular complexity index is 975. The zero-order chi connectivity index (χ0) is 19.5. The van der Waals surface area contributed by atoms with Crippen LogP contribution in [0.15, 0.2) is 48.5 Å². The monoisotopic (exact) mass is 412 g/mol. The summed E-state index contributed by atoms with van der Waals surface area (Å²) in [5.74, 6) is 0.885. The molecule has 0 unspecified atom stereocenters. The first-order chi connectivity index (χ1) is 13.6. The van der Waals surface area contributed by atoms with Crippen molar-refractivity contribution in [1.29, 1.82) is 0 Å². The molecule has 0 amide bonds. The van der Waals surface area contributed by atoms with E-state index in [9.17, 15) is 0 Å². The second kappa shape index (κ2) is 8.43. The summed E-state index contributed by atoms with van der Waals surface area (Å²) in [6.45, 7) is 3.67. The number of aryl methyl sites for hydroxylation is 1. The molecular formula is C21H24N4OS2. The molecule has 4 rings (SSSR count). The predicted molar refractivity (Wildman–Crippen MR) is 117 cm³/mol. The molecule has 1 aliphatic rings. The zero-order valence-corrected chi connectivity index (χ0v) is 17.7. The molecule has 0 saturated heterocycles. The van der Waals surface area contributed by atoms with Crippen molar-refractivity contribution >= 4 is 34.4 Å². The van der Waals surface area contributed by atoms with Crippen LogP contribution in [-0.4, -0.2) is 27.8 Å². The third kappa shape index (κ3) is 4.79. The molecule has 1 aliphatic carbocycles. The Morgan fingerprint density at radius 2 is 1.89 bits per heavy atom. The van der Waals surface area contributed by atoms with Crippen LogP contribution in [0.4, 0.5) is 10.8 Å². The minimum absolute atomic E-state index is 0.610. The van der Waals surface area contributed by atoms with E-state index >= 15 is 0 Å². The van der Waals surface area contributed by atoms with Gasteiger partial charge in [-0.05, 0) is 61.8 Å². The van der Waals surface area contributed by atoms with Crippen LogP contribution < -0.4 is 10.1 Å². The first kappa shape index (κ1) is 19.1. The maximum atomic E-state index is 5.57. The maximum absolute atomic E-state index is 5.57. The van der Waals surface area contributed by atoms with Gasteiger partial charge in [0, 0.05) is 18.3 Å². The number of hydrogen-bond donors (Lipinski definition) is 1. The maximum Gasteiger partial charge on any atom is 0.209 e. The molecule has 1 aromatic heterocycles. The number of nitrogens with zero attached hydrogens (tertiary/aromatic N) is 3. The van der Waals surface area contributed by atoms with Crippen LogP contribution in [0.1, 0.15) is 24.0 Å². The third-order valence-electron chi connectivity index (χ3n) is 4.83. The summed E-state index contributed by atoms with van der Waals surface area (Å²) in [5, 5.41) is 8.89. The standard InChI is InChI=1S/C21H24N4OS2/c1-15-3-7-17(8-4-15)22-20-23-25(21(27)28-20)14-24(18-9-10-18)13-16-5-11-19(26-2)12-6-16/h3-8,11-12,18H,9-10,13-14H2,1-2H3,(H,22,23). The van der Waals surface area contributed by atoms with Gasteiger partial charge in [-0.25, -0.2) is 4.68 Å². The summed E-state index contributed by atoms with van der Waals surface area (Å²) in [6, 6.07) is 17.2. The lowest BCUT2D eigenvalue weighted by Gasteiger charge is -2.22. The fourth-order valence-electron chi connectivity index (χ4n) is 3.08. The van der Waals surface area contributed by atoms with Crippen molar-refractivity contribution in [1.82, 2.24) is 14.7 Å². The Morgan fingerprint density at radius 1 is 1.18 bits per heavy atom. The van der Waals surface area contributed by atoms with Gasteiger partial charge in [0.25, 0.3) is 0 Å². The summed E-state index contributed by atoms with van der Waals surface area (Å²) in [5.41, 5.74) is 3.54. The van der Waals surface area contributed by atoms with Crippen molar-refractivity contribution in [3.8, 4) is 5.75 Å². The van der Waals surface area contributed by atoms with Crippen LogP contribution in [0.3, 0.4) is 0 Å². The topological polar surface area (TPSA) is 42.3 Å². The van der Waals surface area contributed by atoms with E-state index in [0.717, 1.165) is 27.1 Å². The number of methoxy groups -OCH3 is 1. The first-order valence-electron chi connectivity index (χ1n) is 9.39. The van der Waals surface area contributed by atoms with E-state index in [1.165, 1.54) is 35.3 Å². The van der Waals surface area contributed by atoms with Crippen LogP contribution >= 0.6 is 23.6 Å². The van der Waals surface area contributed by atoms with Gasteiger partial charge in [-0.15, -0.1) is 5.10 Å². The van der Waals surface area contributed by atoms with E-state index in [0.29, 0.717) is 12.7 Å². The molecule has 3 aromatic rings. The highest BCUT2D eigenvalue weighted by molar-refractivity contribution is 7.73. The fourth-order valence-corrected chi connectivity index (χ4v) is 4.09. The highest BCUT2D eigenvalue weighted by Gasteiger charge is 2.29. The lowest BCUT2D eigenvalue weighted by Crippen LogP contribution is -2.28. The van der Waals surface area contributed by atoms with E-state index in [1.807, 2.05) is 16.8 Å². The zero-order valence-electron chi connectivity index (χ0n) is 16.1. The van der Waals surface area contributed by atoms with Gasteiger partial charge in [0.1, 0.15) is 5.75 Å². The minimum Gasteiger partial charge on any atom is -0.497 e. The number of nitrogens with one attached hydrogen (secondary N) is 1. The van der Waals surface area contributed by atoms with Crippen molar-refractivity contribution in [3.63, 3.8) is 0 Å². The summed E-state index contributed by atoms with van der Waals surface area (Å²) in [6.07, 6.45) is 2.48. The molecule has 1 fully saturated rings. The Balaban J connectivity index is 1.45. The fraction of sp³-hybridized carbons (Fsp3) is 0.333. The van der Waals surface area contributed by atoms with E-state index in [1.54, 1.807) is 7.11 Å². The third-order valence-corrected chi connectivity index (χ3v) is 6.06. The first-order valence-corrected chi connectivity index (χ1v) is 10.6. The van der Waals surface area contributed by atoms with E-state index in [-0.39, 0.29) is 0 Å². The molecule has 0 bridgehead atoms. The van der Waals surface area contributed by atoms with Crippen molar-refractivity contribution in [2.24, 2.45) is 0 Å². The van der Waals surface area contributed by atoms with Gasteiger partial charge in [0.05, 0.1) is 13.8 Å². The lowest BCUT2D eigenvalue weighted by molar-refractivity contribution is 0.187. The van der Waals surface area contributed by atoms with Crippen molar-refractivity contribution < 1.29 is 4.74 Å². The molecule has 28 heavy (non-hydrogen) atoms. The average Bonchev–Trinajstić information content (AvgIpc) is 3.49. The molecule has 0 radical (unpaired) electrons. The summed E-state index contributed by atoms with van der Waals surface area (Å²) in [7, 11) is 1.69. The summed E-state index contributed by atoms with van der Waals surface area (Å²) >= 11 is 7.08. The molecule has 1 saturated carbocycles. The van der Waals surface area contributed by atoms with Gasteiger partial charge in [-0.1, -0.05) is 41.2 Å². The summed E-state index contributed by atoms with van der Waals surface area (Å²) < 4.78 is 7.97. The van der Waals surface area contributed by atoms with E-state index in [4.69, 9.17) is 22.1 Å². The van der Waals surface area contributed by atoms with Gasteiger partial charge in [-0.3, -0.25) is 4.90 Å². The van der Waals surface area contributed by atoms with Gasteiger partial charge < -0.3 is 10.1 Å². The Kier molecular flexibility index (Phi) is 5.75. The van der Waals surface area contributed by atoms with Crippen LogP contribution in [0.25, 0.3) is 0 Å². The van der Waals surface area contributed by atoms with Crippen molar-refractivity contribution in [2.75, 3.05) is 12.4 Å². The molecule has 1 heterocycles. The number of rotatable bonds is 8. The van der Waals surface area contributed by atoms with Gasteiger partial charge in [-0.2, -0.15) is 0 Å². The normalized spacial score (nSPS) is 13.7. The molecular weight excluding hydrogens is 388 g/mol. The van der Waals surface area contributed by atoms with E-state index in [2.05, 4.69) is 53.5 Å². The predicted octanol–water partition coefficient (Wildman–Crippen LogP) is 5.36. The molecule has 146 valence electrons. The Labute approximate surface area is 174 Å². The molecule has 1 N–H and O–H groups in total. The average molecular weight is 413 g/mol. The minimum atomic E-state index is 0.610. The number of aromatic nitrogens is 2. The van der Waals surface area contributed by atoms with E-state index < -0.39 is 0 Å². The quantitative estimate of drug-likeness (QED) is 0.505. The van der Waals surface area contributed by atoms with Gasteiger partial charge >= 0.3 is 0 Å². The van der Waals surface area contributed by atoms with Crippen LogP contribution in [-0.2, 0) is 13.2 Å². The lowest BCUT2D eigenvalue weighted by atomic mass is 10.2. The highest BCUT2D eigenvalue weighted by atomic mass is 32.1. The van der Waals surface area contributed by atoms with Crippen molar-refractivity contribution in [2.45, 2.75) is 39.0 Å². The van der Waals surface area contributed by atoms with Crippen molar-refractivity contribution in [3.05, 3.63) is 63.6 Å². The largest absolute Gasteiger partial charge is 0.497 e. The van der Waals surface area contributed by atoms with Crippen LogP contribution in [0.2, 0.25) is 0 Å². The number of hydrogen-bond acceptors (Lipinski definition) is 6. The number of anilines is 2. The van der Waals surface area contributed by atoms with Gasteiger partial charge in [0.2, 0.25) is 5.13 Å². The summed E-state index contributed by atoms with van der Waals surface area (Å²) in [4.78, 5) is 2.45. The molecule has 2 aromatic carbocycles. The molecule has 0 atom stereocenters. The highest BCUT2D eigenvalue weighted by Crippen LogP contribution is 2.30. The van der Waals surface area contributed by atoms with Crippen LogP contribution in [0.5, 0.6) is 5.75 Å². The molecule has 7 heteroatoms. The number of ether oxygens (including phenoxy) is 1. The second-order valence-corrected chi connectivity index (χ2v) is 8.75.